The van der Waals surface area contributed by atoms with Gasteiger partial charge in [-0.05, 0) is 42.9 Å². The van der Waals surface area contributed by atoms with Gasteiger partial charge in [-0.1, -0.05) is 69.2 Å². The first kappa shape index (κ1) is 30.7. The molecule has 3 rings (SSSR count). The van der Waals surface area contributed by atoms with Crippen molar-refractivity contribution in [3.05, 3.63) is 65.7 Å². The number of nitrogens with one attached hydrogen (secondary N) is 3. The van der Waals surface area contributed by atoms with Gasteiger partial charge in [-0.3, -0.25) is 19.2 Å². The molecule has 2 aromatic carbocycles. The van der Waals surface area contributed by atoms with Gasteiger partial charge in [-0.25, -0.2) is 0 Å². The molecule has 40 heavy (non-hydrogen) atoms. The molecule has 0 saturated heterocycles. The Bertz CT molecular complexity index is 1140. The van der Waals surface area contributed by atoms with E-state index in [0.29, 0.717) is 30.9 Å². The highest BCUT2D eigenvalue weighted by atomic mass is 16.5. The first-order chi connectivity index (χ1) is 19.2. The van der Waals surface area contributed by atoms with Crippen LogP contribution >= 0.6 is 0 Å². The number of para-hydroxylation sites is 1. The zero-order valence-corrected chi connectivity index (χ0v) is 23.8. The molecule has 0 fully saturated rings. The summed E-state index contributed by atoms with van der Waals surface area (Å²) in [5.74, 6) is -1.06. The molecular weight excluding hydrogens is 508 g/mol. The van der Waals surface area contributed by atoms with Crippen LogP contribution < -0.4 is 20.7 Å². The standard InChI is InChI=1S/C31H42N4O5/c1-22(2)19-26-31(39)35(3)17-11-4-5-12-18-40-27-16-10-9-15-24(27)29(37)34-25(20-28(36)33-26)30(38)32-21-23-13-7-6-8-14-23/h6-10,13-16,22,25-26H,4-5,11-12,17-21H2,1-3H3,(H,32,38)(H,33,36)(H,34,37)/t25-,26-/m0/s1. The van der Waals surface area contributed by atoms with Crippen LogP contribution in [-0.2, 0) is 20.9 Å². The van der Waals surface area contributed by atoms with Gasteiger partial charge in [0, 0.05) is 20.1 Å². The molecule has 9 nitrogen and oxygen atoms in total. The molecule has 0 saturated carbocycles. The number of rotatable bonds is 5. The molecule has 0 spiro atoms. The van der Waals surface area contributed by atoms with Gasteiger partial charge in [0.2, 0.25) is 17.7 Å². The second kappa shape index (κ2) is 15.6. The van der Waals surface area contributed by atoms with E-state index in [1.807, 2.05) is 44.2 Å². The van der Waals surface area contributed by atoms with Crippen LogP contribution in [0.5, 0.6) is 5.75 Å². The van der Waals surface area contributed by atoms with Crippen LogP contribution in [0, 0.1) is 5.92 Å². The van der Waals surface area contributed by atoms with Gasteiger partial charge >= 0.3 is 0 Å². The van der Waals surface area contributed by atoms with E-state index in [1.165, 1.54) is 0 Å². The number of carbonyl (C=O) groups excluding carboxylic acids is 4. The lowest BCUT2D eigenvalue weighted by Gasteiger charge is -2.27. The van der Waals surface area contributed by atoms with Crippen molar-refractivity contribution in [2.75, 3.05) is 20.2 Å². The van der Waals surface area contributed by atoms with Gasteiger partial charge < -0.3 is 25.6 Å². The van der Waals surface area contributed by atoms with Crippen molar-refractivity contribution < 1.29 is 23.9 Å². The molecule has 3 N–H and O–H groups in total. The largest absolute Gasteiger partial charge is 0.493 e. The molecule has 9 heteroatoms. The van der Waals surface area contributed by atoms with Crippen LogP contribution in [0.25, 0.3) is 0 Å². The number of amides is 4. The molecule has 216 valence electrons. The maximum absolute atomic E-state index is 13.3. The molecule has 2 aromatic rings. The van der Waals surface area contributed by atoms with Crippen LogP contribution in [0.1, 0.15) is 68.3 Å². The lowest BCUT2D eigenvalue weighted by atomic mass is 10.0. The summed E-state index contributed by atoms with van der Waals surface area (Å²) in [4.78, 5) is 54.7. The van der Waals surface area contributed by atoms with Crippen molar-refractivity contribution in [2.45, 2.75) is 71.0 Å². The van der Waals surface area contributed by atoms with E-state index in [1.54, 1.807) is 36.2 Å². The van der Waals surface area contributed by atoms with Crippen LogP contribution in [0.3, 0.4) is 0 Å². The maximum Gasteiger partial charge on any atom is 0.255 e. The quantitative estimate of drug-likeness (QED) is 0.528. The fourth-order valence-corrected chi connectivity index (χ4v) is 4.63. The Kier molecular flexibility index (Phi) is 12.0. The predicted octanol–water partition coefficient (Wildman–Crippen LogP) is 3.43. The summed E-state index contributed by atoms with van der Waals surface area (Å²) < 4.78 is 5.91. The highest BCUT2D eigenvalue weighted by Crippen LogP contribution is 2.19. The van der Waals surface area contributed by atoms with Crippen molar-refractivity contribution in [3.63, 3.8) is 0 Å². The molecule has 1 heterocycles. The van der Waals surface area contributed by atoms with E-state index < -0.39 is 29.8 Å². The average molecular weight is 551 g/mol. The zero-order valence-electron chi connectivity index (χ0n) is 23.8. The van der Waals surface area contributed by atoms with Crippen molar-refractivity contribution in [1.29, 1.82) is 0 Å². The molecule has 4 amide bonds. The predicted molar refractivity (Wildman–Crippen MR) is 154 cm³/mol. The van der Waals surface area contributed by atoms with E-state index in [-0.39, 0.29) is 24.8 Å². The lowest BCUT2D eigenvalue weighted by Crippen LogP contribution is -2.52. The van der Waals surface area contributed by atoms with E-state index >= 15 is 0 Å². The first-order valence-electron chi connectivity index (χ1n) is 14.1. The van der Waals surface area contributed by atoms with Gasteiger partial charge in [-0.2, -0.15) is 0 Å². The summed E-state index contributed by atoms with van der Waals surface area (Å²) in [5.41, 5.74) is 1.18. The van der Waals surface area contributed by atoms with Crippen LogP contribution in [-0.4, -0.2) is 60.8 Å². The van der Waals surface area contributed by atoms with Crippen LogP contribution in [0.15, 0.2) is 54.6 Å². The second-order valence-corrected chi connectivity index (χ2v) is 10.7. The molecule has 0 radical (unpaired) electrons. The number of ether oxygens (including phenoxy) is 1. The number of nitrogens with zero attached hydrogens (tertiary/aromatic N) is 1. The van der Waals surface area contributed by atoms with Gasteiger partial charge in [0.25, 0.3) is 5.91 Å². The van der Waals surface area contributed by atoms with Crippen molar-refractivity contribution >= 4 is 23.6 Å². The lowest BCUT2D eigenvalue weighted by molar-refractivity contribution is -0.136. The normalized spacial score (nSPS) is 19.9. The molecular formula is C31H42N4O5. The summed E-state index contributed by atoms with van der Waals surface area (Å²) in [7, 11) is 1.75. The monoisotopic (exact) mass is 550 g/mol. The summed E-state index contributed by atoms with van der Waals surface area (Å²) >= 11 is 0. The molecule has 1 aliphatic heterocycles. The molecule has 0 unspecified atom stereocenters. The third-order valence-electron chi connectivity index (χ3n) is 6.81. The Morgan fingerprint density at radius 2 is 1.68 bits per heavy atom. The molecule has 0 aromatic heterocycles. The number of hydrogen-bond donors (Lipinski definition) is 3. The molecule has 0 aliphatic carbocycles. The topological polar surface area (TPSA) is 117 Å². The third kappa shape index (κ3) is 9.70. The smallest absolute Gasteiger partial charge is 0.255 e. The second-order valence-electron chi connectivity index (χ2n) is 10.7. The van der Waals surface area contributed by atoms with Gasteiger partial charge in [0.1, 0.15) is 17.8 Å². The first-order valence-corrected chi connectivity index (χ1v) is 14.1. The maximum atomic E-state index is 13.3. The minimum Gasteiger partial charge on any atom is -0.493 e. The number of carbonyl (C=O) groups is 4. The fourth-order valence-electron chi connectivity index (χ4n) is 4.63. The Hall–Kier alpha value is -3.88. The number of hydrogen-bond acceptors (Lipinski definition) is 5. The number of benzene rings is 2. The zero-order chi connectivity index (χ0) is 28.9. The Morgan fingerprint density at radius 1 is 0.975 bits per heavy atom. The Labute approximate surface area is 237 Å². The molecule has 1 aliphatic rings. The van der Waals surface area contributed by atoms with Gasteiger partial charge in [-0.15, -0.1) is 0 Å². The van der Waals surface area contributed by atoms with E-state index in [2.05, 4.69) is 16.0 Å². The van der Waals surface area contributed by atoms with E-state index in [0.717, 1.165) is 31.2 Å². The van der Waals surface area contributed by atoms with Crippen LogP contribution in [0.2, 0.25) is 0 Å². The highest BCUT2D eigenvalue weighted by Gasteiger charge is 2.29. The van der Waals surface area contributed by atoms with Crippen molar-refractivity contribution in [1.82, 2.24) is 20.9 Å². The van der Waals surface area contributed by atoms with Crippen LogP contribution in [0.4, 0.5) is 0 Å². The van der Waals surface area contributed by atoms with E-state index in [4.69, 9.17) is 4.74 Å². The molecule has 0 bridgehead atoms. The summed E-state index contributed by atoms with van der Waals surface area (Å²) in [6, 6.07) is 14.4. The third-order valence-corrected chi connectivity index (χ3v) is 6.81. The number of fused-ring (bicyclic) bond motifs is 1. The Morgan fingerprint density at radius 3 is 2.42 bits per heavy atom. The number of likely N-dealkylation sites (N-methyl/N-ethyl adjacent to an activating group) is 1. The average Bonchev–Trinajstić information content (AvgIpc) is 2.94. The van der Waals surface area contributed by atoms with Crippen molar-refractivity contribution in [3.8, 4) is 5.75 Å². The van der Waals surface area contributed by atoms with Crippen molar-refractivity contribution in [2.24, 2.45) is 5.92 Å². The minimum atomic E-state index is -1.16. The van der Waals surface area contributed by atoms with E-state index in [9.17, 15) is 19.2 Å². The summed E-state index contributed by atoms with van der Waals surface area (Å²) in [6.45, 7) is 5.26. The highest BCUT2D eigenvalue weighted by molar-refractivity contribution is 6.01. The summed E-state index contributed by atoms with van der Waals surface area (Å²) in [5, 5.41) is 8.39. The summed E-state index contributed by atoms with van der Waals surface area (Å²) in [6.07, 6.45) is 3.66. The SMILES string of the molecule is CC(C)C[C@@H]1NC(=O)C[C@@H](C(=O)NCc2ccccc2)NC(=O)c2ccccc2OCCCCCCN(C)C1=O. The minimum absolute atomic E-state index is 0.158. The Balaban J connectivity index is 1.85. The van der Waals surface area contributed by atoms with Gasteiger partial charge in [0.05, 0.1) is 18.6 Å². The molecule has 2 atom stereocenters. The fraction of sp³-hybridized carbons (Fsp3) is 0.484. The van der Waals surface area contributed by atoms with Gasteiger partial charge in [0.15, 0.2) is 0 Å².